The zero-order valence-electron chi connectivity index (χ0n) is 13.2. The molecular weight excluding hydrogens is 268 g/mol. The highest BCUT2D eigenvalue weighted by Gasteiger charge is 2.14. The Morgan fingerprint density at radius 3 is 2.14 bits per heavy atom. The smallest absolute Gasteiger partial charge is 0.253 e. The molecule has 0 fully saturated rings. The van der Waals surface area contributed by atoms with Gasteiger partial charge >= 0.3 is 0 Å². The maximum absolute atomic E-state index is 12.0. The van der Waals surface area contributed by atoms with Crippen LogP contribution >= 0.6 is 0 Å². The zero-order valence-corrected chi connectivity index (χ0v) is 13.2. The van der Waals surface area contributed by atoms with Gasteiger partial charge in [-0.1, -0.05) is 26.0 Å². The van der Waals surface area contributed by atoms with Gasteiger partial charge in [0.25, 0.3) is 5.91 Å². The van der Waals surface area contributed by atoms with E-state index in [0.717, 1.165) is 5.56 Å². The Kier molecular flexibility index (Phi) is 6.37. The molecule has 0 radical (unpaired) electrons. The second-order valence-electron chi connectivity index (χ2n) is 5.50. The molecule has 0 atom stereocenters. The topological polar surface area (TPSA) is 60.9 Å². The summed E-state index contributed by atoms with van der Waals surface area (Å²) in [7, 11) is 3.43. The van der Waals surface area contributed by atoms with E-state index in [1.54, 1.807) is 31.1 Å². The molecule has 116 valence electrons. The number of hydrogen-bond acceptors (Lipinski definition) is 3. The maximum atomic E-state index is 12.0. The highest BCUT2D eigenvalue weighted by molar-refractivity contribution is 5.94. The first-order chi connectivity index (χ1) is 9.86. The average molecular weight is 292 g/mol. The van der Waals surface area contributed by atoms with Gasteiger partial charge in [0.15, 0.2) is 0 Å². The maximum Gasteiger partial charge on any atom is 0.253 e. The third kappa shape index (κ3) is 4.86. The molecule has 0 saturated carbocycles. The first-order valence-corrected chi connectivity index (χ1v) is 7.07. The molecule has 1 rings (SSSR count). The van der Waals surface area contributed by atoms with Gasteiger partial charge in [0.2, 0.25) is 5.91 Å². The summed E-state index contributed by atoms with van der Waals surface area (Å²) in [6.45, 7) is 4.53. The zero-order chi connectivity index (χ0) is 16.0. The standard InChI is InChI=1S/C16H24N2O3/c1-12(2)15(20)18(4)11-13-5-7-14(8-6-13)16(21)17(3)9-10-19/h5-8,12,19H,9-11H2,1-4H3. The van der Waals surface area contributed by atoms with Gasteiger partial charge in [0.05, 0.1) is 6.61 Å². The molecule has 0 saturated heterocycles. The number of aliphatic hydroxyl groups is 1. The van der Waals surface area contributed by atoms with Crippen molar-refractivity contribution in [1.82, 2.24) is 9.80 Å². The molecule has 0 aliphatic carbocycles. The quantitative estimate of drug-likeness (QED) is 0.861. The highest BCUT2D eigenvalue weighted by atomic mass is 16.3. The normalized spacial score (nSPS) is 10.6. The van der Waals surface area contributed by atoms with E-state index in [-0.39, 0.29) is 24.3 Å². The summed E-state index contributed by atoms with van der Waals surface area (Å²) >= 11 is 0. The Morgan fingerprint density at radius 2 is 1.67 bits per heavy atom. The van der Waals surface area contributed by atoms with Crippen LogP contribution in [0.15, 0.2) is 24.3 Å². The summed E-state index contributed by atoms with van der Waals surface area (Å²) in [5.74, 6) is -0.0528. The molecule has 0 unspecified atom stereocenters. The van der Waals surface area contributed by atoms with E-state index in [0.29, 0.717) is 18.7 Å². The van der Waals surface area contributed by atoms with Crippen molar-refractivity contribution in [2.24, 2.45) is 5.92 Å². The van der Waals surface area contributed by atoms with Gasteiger partial charge < -0.3 is 14.9 Å². The monoisotopic (exact) mass is 292 g/mol. The van der Waals surface area contributed by atoms with Crippen LogP contribution in [-0.2, 0) is 11.3 Å². The van der Waals surface area contributed by atoms with Crippen LogP contribution in [0, 0.1) is 5.92 Å². The van der Waals surface area contributed by atoms with Crippen LogP contribution in [0.2, 0.25) is 0 Å². The number of aliphatic hydroxyl groups excluding tert-OH is 1. The van der Waals surface area contributed by atoms with Gasteiger partial charge in [0, 0.05) is 38.7 Å². The summed E-state index contributed by atoms with van der Waals surface area (Å²) in [5.41, 5.74) is 1.56. The number of hydrogen-bond donors (Lipinski definition) is 1. The number of rotatable bonds is 6. The van der Waals surface area contributed by atoms with Gasteiger partial charge in [-0.05, 0) is 17.7 Å². The molecule has 0 aliphatic heterocycles. The minimum absolute atomic E-state index is 0.0250. The van der Waals surface area contributed by atoms with Crippen molar-refractivity contribution in [3.63, 3.8) is 0 Å². The predicted molar refractivity (Wildman–Crippen MR) is 81.8 cm³/mol. The Bertz CT molecular complexity index is 483. The molecule has 21 heavy (non-hydrogen) atoms. The van der Waals surface area contributed by atoms with E-state index in [4.69, 9.17) is 5.11 Å². The lowest BCUT2D eigenvalue weighted by Crippen LogP contribution is -2.30. The summed E-state index contributed by atoms with van der Waals surface area (Å²) in [5, 5.41) is 8.84. The fourth-order valence-electron chi connectivity index (χ4n) is 2.02. The molecule has 2 amide bonds. The van der Waals surface area contributed by atoms with E-state index in [1.807, 2.05) is 26.0 Å². The van der Waals surface area contributed by atoms with Gasteiger partial charge in [-0.15, -0.1) is 0 Å². The van der Waals surface area contributed by atoms with Crippen LogP contribution in [0.5, 0.6) is 0 Å². The third-order valence-corrected chi connectivity index (χ3v) is 3.27. The molecule has 0 bridgehead atoms. The van der Waals surface area contributed by atoms with Crippen LogP contribution in [0.1, 0.15) is 29.8 Å². The van der Waals surface area contributed by atoms with Crippen molar-refractivity contribution in [2.75, 3.05) is 27.2 Å². The molecule has 0 heterocycles. The fourth-order valence-corrected chi connectivity index (χ4v) is 2.02. The summed E-state index contributed by atoms with van der Waals surface area (Å²) in [6, 6.07) is 7.20. The predicted octanol–water partition coefficient (Wildman–Crippen LogP) is 1.37. The number of nitrogens with zero attached hydrogens (tertiary/aromatic N) is 2. The minimum atomic E-state index is -0.123. The molecule has 5 heteroatoms. The van der Waals surface area contributed by atoms with Crippen molar-refractivity contribution in [1.29, 1.82) is 0 Å². The van der Waals surface area contributed by atoms with Crippen molar-refractivity contribution in [3.8, 4) is 0 Å². The first kappa shape index (κ1) is 17.2. The second kappa shape index (κ2) is 7.78. The van der Waals surface area contributed by atoms with Crippen LogP contribution < -0.4 is 0 Å². The van der Waals surface area contributed by atoms with E-state index in [2.05, 4.69) is 0 Å². The van der Waals surface area contributed by atoms with Crippen molar-refractivity contribution in [2.45, 2.75) is 20.4 Å². The summed E-state index contributed by atoms with van der Waals surface area (Å²) in [6.07, 6.45) is 0. The molecule has 1 aromatic rings. The molecule has 0 aliphatic rings. The number of benzene rings is 1. The van der Waals surface area contributed by atoms with Crippen LogP contribution in [0.4, 0.5) is 0 Å². The van der Waals surface area contributed by atoms with Crippen LogP contribution in [-0.4, -0.2) is 54.0 Å². The Hall–Kier alpha value is -1.88. The van der Waals surface area contributed by atoms with Gasteiger partial charge in [-0.3, -0.25) is 9.59 Å². The van der Waals surface area contributed by atoms with Gasteiger partial charge in [0.1, 0.15) is 0 Å². The molecule has 1 aromatic carbocycles. The van der Waals surface area contributed by atoms with Crippen molar-refractivity contribution >= 4 is 11.8 Å². The molecular formula is C16H24N2O3. The number of amides is 2. The number of likely N-dealkylation sites (N-methyl/N-ethyl adjacent to an activating group) is 1. The average Bonchev–Trinajstić information content (AvgIpc) is 2.46. The fraction of sp³-hybridized carbons (Fsp3) is 0.500. The first-order valence-electron chi connectivity index (χ1n) is 7.07. The van der Waals surface area contributed by atoms with Gasteiger partial charge in [-0.25, -0.2) is 0 Å². The summed E-state index contributed by atoms with van der Waals surface area (Å²) < 4.78 is 0. The SMILES string of the molecule is CC(C)C(=O)N(C)Cc1ccc(C(=O)N(C)CCO)cc1. The van der Waals surface area contributed by atoms with Crippen molar-refractivity contribution in [3.05, 3.63) is 35.4 Å². The van der Waals surface area contributed by atoms with E-state index >= 15 is 0 Å². The lowest BCUT2D eigenvalue weighted by molar-refractivity contribution is -0.133. The molecule has 1 N–H and O–H groups in total. The summed E-state index contributed by atoms with van der Waals surface area (Å²) in [4.78, 5) is 27.0. The highest BCUT2D eigenvalue weighted by Crippen LogP contribution is 2.10. The van der Waals surface area contributed by atoms with E-state index < -0.39 is 0 Å². The third-order valence-electron chi connectivity index (χ3n) is 3.27. The molecule has 0 spiro atoms. The number of carbonyl (C=O) groups is 2. The molecule has 5 nitrogen and oxygen atoms in total. The van der Waals surface area contributed by atoms with Crippen LogP contribution in [0.25, 0.3) is 0 Å². The minimum Gasteiger partial charge on any atom is -0.395 e. The van der Waals surface area contributed by atoms with Gasteiger partial charge in [-0.2, -0.15) is 0 Å². The Balaban J connectivity index is 2.70. The molecule has 0 aromatic heterocycles. The van der Waals surface area contributed by atoms with E-state index in [1.165, 1.54) is 4.90 Å². The Labute approximate surface area is 126 Å². The van der Waals surface area contributed by atoms with E-state index in [9.17, 15) is 9.59 Å². The lowest BCUT2D eigenvalue weighted by Gasteiger charge is -2.20. The Morgan fingerprint density at radius 1 is 1.10 bits per heavy atom. The van der Waals surface area contributed by atoms with Crippen molar-refractivity contribution < 1.29 is 14.7 Å². The second-order valence-corrected chi connectivity index (χ2v) is 5.50. The largest absolute Gasteiger partial charge is 0.395 e. The lowest BCUT2D eigenvalue weighted by atomic mass is 10.1. The van der Waals surface area contributed by atoms with Crippen LogP contribution in [0.3, 0.4) is 0 Å². The number of carbonyl (C=O) groups excluding carboxylic acids is 2.